The van der Waals surface area contributed by atoms with Crippen molar-refractivity contribution in [3.05, 3.63) is 58.1 Å². The van der Waals surface area contributed by atoms with Gasteiger partial charge in [-0.3, -0.25) is 9.59 Å². The number of anilines is 2. The first-order valence-corrected chi connectivity index (χ1v) is 8.25. The molecule has 0 bridgehead atoms. The molecule has 1 amide bonds. The van der Waals surface area contributed by atoms with E-state index in [-0.39, 0.29) is 17.0 Å². The molecule has 0 saturated heterocycles. The van der Waals surface area contributed by atoms with Crippen LogP contribution in [-0.2, 0) is 9.53 Å². The van der Waals surface area contributed by atoms with Crippen LogP contribution in [0.1, 0.15) is 34.6 Å². The molecule has 0 radical (unpaired) electrons. The largest absolute Gasteiger partial charge is 0.449 e. The van der Waals surface area contributed by atoms with Crippen molar-refractivity contribution in [2.45, 2.75) is 20.0 Å². The van der Waals surface area contributed by atoms with E-state index in [0.29, 0.717) is 15.7 Å². The van der Waals surface area contributed by atoms with Crippen LogP contribution in [0.2, 0.25) is 0 Å². The van der Waals surface area contributed by atoms with E-state index in [2.05, 4.69) is 21.2 Å². The van der Waals surface area contributed by atoms with Crippen LogP contribution in [0.15, 0.2) is 46.9 Å². The second kappa shape index (κ2) is 7.94. The molecule has 0 aromatic heterocycles. The molecule has 0 aliphatic rings. The van der Waals surface area contributed by atoms with Crippen molar-refractivity contribution in [2.75, 3.05) is 11.1 Å². The number of nitrogen functional groups attached to an aromatic ring is 1. The highest BCUT2D eigenvalue weighted by molar-refractivity contribution is 9.10. The molecule has 2 rings (SSSR count). The summed E-state index contributed by atoms with van der Waals surface area (Å²) in [5.74, 6) is -1.32. The van der Waals surface area contributed by atoms with E-state index < -0.39 is 18.0 Å². The zero-order valence-corrected chi connectivity index (χ0v) is 15.3. The van der Waals surface area contributed by atoms with Crippen molar-refractivity contribution in [3.8, 4) is 0 Å². The van der Waals surface area contributed by atoms with Crippen molar-refractivity contribution in [3.63, 3.8) is 0 Å². The number of nitrogens with two attached hydrogens (primary N) is 1. The molecule has 2 aromatic carbocycles. The van der Waals surface area contributed by atoms with Gasteiger partial charge in [0.2, 0.25) is 0 Å². The van der Waals surface area contributed by atoms with Crippen molar-refractivity contribution >= 4 is 45.0 Å². The Bertz CT molecular complexity index is 836. The minimum Gasteiger partial charge on any atom is -0.449 e. The van der Waals surface area contributed by atoms with E-state index in [1.54, 1.807) is 36.4 Å². The maximum absolute atomic E-state index is 12.2. The molecule has 7 heteroatoms. The molecular weight excluding hydrogens is 388 g/mol. The Labute approximate surface area is 153 Å². The van der Waals surface area contributed by atoms with E-state index in [0.717, 1.165) is 0 Å². The Morgan fingerprint density at radius 1 is 1.16 bits per heavy atom. The molecule has 25 heavy (non-hydrogen) atoms. The monoisotopic (exact) mass is 404 g/mol. The Morgan fingerprint density at radius 3 is 2.56 bits per heavy atom. The highest BCUT2D eigenvalue weighted by atomic mass is 79.9. The predicted molar refractivity (Wildman–Crippen MR) is 98.5 cm³/mol. The fraction of sp³-hybridized carbons (Fsp3) is 0.167. The fourth-order valence-electron chi connectivity index (χ4n) is 2.04. The van der Waals surface area contributed by atoms with Crippen LogP contribution < -0.4 is 11.1 Å². The standard InChI is InChI=1S/C18H17BrN2O4/c1-10(22)12-4-3-5-14(8-12)21-17(23)11(2)25-18(24)15-9-13(19)6-7-16(15)20/h3-9,11H,20H2,1-2H3,(H,21,23)/t11-/m0/s1. The average Bonchev–Trinajstić information content (AvgIpc) is 2.57. The van der Waals surface area contributed by atoms with Gasteiger partial charge < -0.3 is 15.8 Å². The van der Waals surface area contributed by atoms with Gasteiger partial charge in [-0.2, -0.15) is 0 Å². The highest BCUT2D eigenvalue weighted by Crippen LogP contribution is 2.20. The summed E-state index contributed by atoms with van der Waals surface area (Å²) in [5.41, 5.74) is 7.11. The third-order valence-corrected chi connectivity index (χ3v) is 3.92. The van der Waals surface area contributed by atoms with Crippen LogP contribution in [0.25, 0.3) is 0 Å². The van der Waals surface area contributed by atoms with Gasteiger partial charge in [0, 0.05) is 21.4 Å². The summed E-state index contributed by atoms with van der Waals surface area (Å²) in [6.07, 6.45) is -1.04. The lowest BCUT2D eigenvalue weighted by Crippen LogP contribution is -2.30. The summed E-state index contributed by atoms with van der Waals surface area (Å²) < 4.78 is 5.84. The predicted octanol–water partition coefficient (Wildman–Crippen LogP) is 3.42. The number of carbonyl (C=O) groups is 3. The zero-order chi connectivity index (χ0) is 18.6. The summed E-state index contributed by atoms with van der Waals surface area (Å²) in [7, 11) is 0. The Hall–Kier alpha value is -2.67. The molecular formula is C18H17BrN2O4. The molecule has 0 spiro atoms. The quantitative estimate of drug-likeness (QED) is 0.451. The maximum atomic E-state index is 12.2. The summed E-state index contributed by atoms with van der Waals surface area (Å²) in [6, 6.07) is 11.3. The van der Waals surface area contributed by atoms with Crippen molar-refractivity contribution in [1.82, 2.24) is 0 Å². The molecule has 0 unspecified atom stereocenters. The van der Waals surface area contributed by atoms with Crippen LogP contribution in [0.5, 0.6) is 0 Å². The van der Waals surface area contributed by atoms with E-state index in [9.17, 15) is 14.4 Å². The van der Waals surface area contributed by atoms with E-state index in [1.165, 1.54) is 19.9 Å². The fourth-order valence-corrected chi connectivity index (χ4v) is 2.40. The van der Waals surface area contributed by atoms with Crippen molar-refractivity contribution in [2.24, 2.45) is 0 Å². The van der Waals surface area contributed by atoms with Gasteiger partial charge >= 0.3 is 5.97 Å². The lowest BCUT2D eigenvalue weighted by atomic mass is 10.1. The van der Waals surface area contributed by atoms with Gasteiger partial charge in [0.15, 0.2) is 11.9 Å². The molecule has 3 N–H and O–H groups in total. The smallest absolute Gasteiger partial charge is 0.341 e. The first-order chi connectivity index (χ1) is 11.8. The zero-order valence-electron chi connectivity index (χ0n) is 13.7. The van der Waals surface area contributed by atoms with Gasteiger partial charge in [-0.05, 0) is 44.2 Å². The summed E-state index contributed by atoms with van der Waals surface area (Å²) in [5, 5.41) is 2.61. The number of hydrogen-bond donors (Lipinski definition) is 2. The molecule has 0 heterocycles. The van der Waals surface area contributed by atoms with Crippen LogP contribution in [0.3, 0.4) is 0 Å². The second-order valence-electron chi connectivity index (χ2n) is 5.41. The van der Waals surface area contributed by atoms with Gasteiger partial charge in [-0.15, -0.1) is 0 Å². The molecule has 0 fully saturated rings. The first kappa shape index (κ1) is 18.7. The summed E-state index contributed by atoms with van der Waals surface area (Å²) in [4.78, 5) is 35.8. The lowest BCUT2D eigenvalue weighted by molar-refractivity contribution is -0.123. The maximum Gasteiger partial charge on any atom is 0.341 e. The van der Waals surface area contributed by atoms with E-state index in [4.69, 9.17) is 10.5 Å². The number of Topliss-reactive ketones (excluding diaryl/α,β-unsaturated/α-hetero) is 1. The molecule has 0 aliphatic carbocycles. The number of halogens is 1. The summed E-state index contributed by atoms with van der Waals surface area (Å²) in [6.45, 7) is 2.89. The molecule has 2 aromatic rings. The minimum absolute atomic E-state index is 0.110. The molecule has 130 valence electrons. The third-order valence-electron chi connectivity index (χ3n) is 3.42. The van der Waals surface area contributed by atoms with Crippen LogP contribution >= 0.6 is 15.9 Å². The highest BCUT2D eigenvalue weighted by Gasteiger charge is 2.21. The van der Waals surface area contributed by atoms with Crippen LogP contribution in [0, 0.1) is 0 Å². The molecule has 1 atom stereocenters. The van der Waals surface area contributed by atoms with Crippen molar-refractivity contribution < 1.29 is 19.1 Å². The van der Waals surface area contributed by atoms with Gasteiger partial charge in [0.1, 0.15) is 0 Å². The number of amides is 1. The molecule has 6 nitrogen and oxygen atoms in total. The number of esters is 1. The van der Waals surface area contributed by atoms with Crippen LogP contribution in [-0.4, -0.2) is 23.8 Å². The number of nitrogens with one attached hydrogen (secondary N) is 1. The SMILES string of the molecule is CC(=O)c1cccc(NC(=O)[C@H](C)OC(=O)c2cc(Br)ccc2N)c1. The topological polar surface area (TPSA) is 98.5 Å². The lowest BCUT2D eigenvalue weighted by Gasteiger charge is -2.14. The second-order valence-corrected chi connectivity index (χ2v) is 6.32. The Morgan fingerprint density at radius 2 is 1.88 bits per heavy atom. The number of hydrogen-bond acceptors (Lipinski definition) is 5. The van der Waals surface area contributed by atoms with Gasteiger partial charge in [0.05, 0.1) is 5.56 Å². The molecule has 0 aliphatic heterocycles. The third kappa shape index (κ3) is 4.90. The number of benzene rings is 2. The first-order valence-electron chi connectivity index (χ1n) is 7.46. The molecule has 0 saturated carbocycles. The number of ketones is 1. The van der Waals surface area contributed by atoms with E-state index >= 15 is 0 Å². The van der Waals surface area contributed by atoms with E-state index in [1.807, 2.05) is 0 Å². The summed E-state index contributed by atoms with van der Waals surface area (Å²) >= 11 is 3.25. The number of rotatable bonds is 5. The van der Waals surface area contributed by atoms with Gasteiger partial charge in [0.25, 0.3) is 5.91 Å². The number of carbonyl (C=O) groups excluding carboxylic acids is 3. The average molecular weight is 405 g/mol. The van der Waals surface area contributed by atoms with Gasteiger partial charge in [-0.25, -0.2) is 4.79 Å². The minimum atomic E-state index is -1.04. The van der Waals surface area contributed by atoms with Crippen LogP contribution in [0.4, 0.5) is 11.4 Å². The van der Waals surface area contributed by atoms with Gasteiger partial charge in [-0.1, -0.05) is 28.1 Å². The van der Waals surface area contributed by atoms with Crippen molar-refractivity contribution in [1.29, 1.82) is 0 Å². The number of ether oxygens (including phenoxy) is 1. The normalized spacial score (nSPS) is 11.5. The Kier molecular flexibility index (Phi) is 5.93. The Balaban J connectivity index is 2.05.